The van der Waals surface area contributed by atoms with Crippen molar-refractivity contribution >= 4 is 11.0 Å². The van der Waals surface area contributed by atoms with E-state index in [4.69, 9.17) is 10.6 Å². The van der Waals surface area contributed by atoms with E-state index in [0.717, 1.165) is 23.1 Å². The number of para-hydroxylation sites is 2. The lowest BCUT2D eigenvalue weighted by Crippen LogP contribution is -2.33. The van der Waals surface area contributed by atoms with Gasteiger partial charge in [-0.3, -0.25) is 16.3 Å². The summed E-state index contributed by atoms with van der Waals surface area (Å²) in [6, 6.07) is 7.80. The topological polar surface area (TPSA) is 73.1 Å². The van der Waals surface area contributed by atoms with Gasteiger partial charge in [0.25, 0.3) is 0 Å². The number of fused-ring (bicyclic) bond motifs is 1. The summed E-state index contributed by atoms with van der Waals surface area (Å²) in [7, 11) is 1.70. The Labute approximate surface area is 113 Å². The molecular weight excluding hydrogens is 240 g/mol. The molecule has 2 unspecified atom stereocenters. The Kier molecular flexibility index (Phi) is 4.79. The van der Waals surface area contributed by atoms with Crippen LogP contribution in [-0.4, -0.2) is 23.7 Å². The van der Waals surface area contributed by atoms with Crippen LogP contribution in [0.4, 0.5) is 0 Å². The average Bonchev–Trinajstić information content (AvgIpc) is 2.45. The lowest BCUT2D eigenvalue weighted by molar-refractivity contribution is 0.169. The maximum atomic E-state index is 5.66. The molecule has 2 atom stereocenters. The third-order valence-corrected chi connectivity index (χ3v) is 3.31. The molecule has 0 bridgehead atoms. The minimum absolute atomic E-state index is 0.0211. The number of ether oxygens (including phenoxy) is 1. The van der Waals surface area contributed by atoms with E-state index in [9.17, 15) is 0 Å². The third kappa shape index (κ3) is 3.26. The Morgan fingerprint density at radius 1 is 1.32 bits per heavy atom. The minimum Gasteiger partial charge on any atom is -0.385 e. The van der Waals surface area contributed by atoms with Crippen LogP contribution in [0.5, 0.6) is 0 Å². The Bertz CT molecular complexity index is 532. The summed E-state index contributed by atoms with van der Waals surface area (Å²) < 4.78 is 5.11. The molecule has 5 heteroatoms. The van der Waals surface area contributed by atoms with Gasteiger partial charge in [0.1, 0.15) is 0 Å². The Hall–Kier alpha value is -1.56. The first-order valence-electron chi connectivity index (χ1n) is 6.43. The molecule has 2 aromatic rings. The molecule has 2 rings (SSSR count). The van der Waals surface area contributed by atoms with E-state index >= 15 is 0 Å². The molecule has 0 aliphatic carbocycles. The van der Waals surface area contributed by atoms with Crippen molar-refractivity contribution in [1.82, 2.24) is 15.4 Å². The second-order valence-electron chi connectivity index (χ2n) is 4.69. The van der Waals surface area contributed by atoms with E-state index in [-0.39, 0.29) is 6.04 Å². The Morgan fingerprint density at radius 2 is 2.05 bits per heavy atom. The fraction of sp³-hybridized carbons (Fsp3) is 0.429. The third-order valence-electron chi connectivity index (χ3n) is 3.31. The van der Waals surface area contributed by atoms with Gasteiger partial charge in [-0.2, -0.15) is 0 Å². The maximum absolute atomic E-state index is 5.66. The zero-order valence-electron chi connectivity index (χ0n) is 11.3. The zero-order chi connectivity index (χ0) is 13.7. The number of hydrogen-bond donors (Lipinski definition) is 2. The van der Waals surface area contributed by atoms with Crippen LogP contribution in [0.1, 0.15) is 25.1 Å². The first kappa shape index (κ1) is 13.9. The summed E-state index contributed by atoms with van der Waals surface area (Å²) in [5, 5.41) is 0. The number of nitrogens with two attached hydrogens (primary N) is 1. The molecule has 0 aliphatic rings. The molecule has 1 aromatic heterocycles. The van der Waals surface area contributed by atoms with Crippen molar-refractivity contribution in [1.29, 1.82) is 0 Å². The van der Waals surface area contributed by atoms with Crippen molar-refractivity contribution in [3.05, 3.63) is 36.2 Å². The minimum atomic E-state index is -0.0211. The molecule has 0 spiro atoms. The van der Waals surface area contributed by atoms with Crippen LogP contribution >= 0.6 is 0 Å². The summed E-state index contributed by atoms with van der Waals surface area (Å²) >= 11 is 0. The number of aromatic nitrogens is 2. The predicted molar refractivity (Wildman–Crippen MR) is 75.3 cm³/mol. The fourth-order valence-electron chi connectivity index (χ4n) is 2.13. The van der Waals surface area contributed by atoms with E-state index in [1.54, 1.807) is 13.3 Å². The van der Waals surface area contributed by atoms with Gasteiger partial charge in [0.15, 0.2) is 0 Å². The van der Waals surface area contributed by atoms with Crippen LogP contribution in [0.3, 0.4) is 0 Å². The summed E-state index contributed by atoms with van der Waals surface area (Å²) in [5.41, 5.74) is 5.48. The van der Waals surface area contributed by atoms with E-state index in [1.807, 2.05) is 24.3 Å². The van der Waals surface area contributed by atoms with Gasteiger partial charge in [-0.1, -0.05) is 19.1 Å². The molecule has 0 amide bonds. The smallest absolute Gasteiger partial charge is 0.0890 e. The molecule has 3 N–H and O–H groups in total. The van der Waals surface area contributed by atoms with Crippen LogP contribution in [0.25, 0.3) is 11.0 Å². The molecule has 0 radical (unpaired) electrons. The highest BCUT2D eigenvalue weighted by Crippen LogP contribution is 2.23. The largest absolute Gasteiger partial charge is 0.385 e. The standard InChI is InChI=1S/C14H20N4O/c1-10(7-8-19-2)14(18-15)13-9-16-11-5-3-4-6-12(11)17-13/h3-6,9-10,14,18H,7-8,15H2,1-2H3. The van der Waals surface area contributed by atoms with E-state index in [2.05, 4.69) is 22.3 Å². The summed E-state index contributed by atoms with van der Waals surface area (Å²) in [5.74, 6) is 5.98. The van der Waals surface area contributed by atoms with Crippen molar-refractivity contribution in [2.45, 2.75) is 19.4 Å². The normalized spacial score (nSPS) is 14.5. The number of benzene rings is 1. The van der Waals surface area contributed by atoms with Crippen molar-refractivity contribution in [2.24, 2.45) is 11.8 Å². The average molecular weight is 260 g/mol. The van der Waals surface area contributed by atoms with Gasteiger partial charge < -0.3 is 4.74 Å². The molecule has 0 saturated heterocycles. The lowest BCUT2D eigenvalue weighted by Gasteiger charge is -2.22. The van der Waals surface area contributed by atoms with Gasteiger partial charge in [-0.05, 0) is 24.5 Å². The number of hydrazine groups is 1. The number of hydrogen-bond acceptors (Lipinski definition) is 5. The molecule has 1 aromatic carbocycles. The monoisotopic (exact) mass is 260 g/mol. The van der Waals surface area contributed by atoms with Crippen molar-refractivity contribution in [3.63, 3.8) is 0 Å². The van der Waals surface area contributed by atoms with Gasteiger partial charge in [0.05, 0.1) is 29.0 Å². The van der Waals surface area contributed by atoms with Gasteiger partial charge in [0.2, 0.25) is 0 Å². The highest BCUT2D eigenvalue weighted by atomic mass is 16.5. The van der Waals surface area contributed by atoms with E-state index in [1.165, 1.54) is 0 Å². The number of rotatable bonds is 6. The second-order valence-corrected chi connectivity index (χ2v) is 4.69. The summed E-state index contributed by atoms with van der Waals surface area (Å²) in [6.07, 6.45) is 2.70. The number of methoxy groups -OCH3 is 1. The van der Waals surface area contributed by atoms with Gasteiger partial charge >= 0.3 is 0 Å². The number of nitrogens with zero attached hydrogens (tertiary/aromatic N) is 2. The lowest BCUT2D eigenvalue weighted by atomic mass is 9.96. The van der Waals surface area contributed by atoms with Gasteiger partial charge in [-0.15, -0.1) is 0 Å². The fourth-order valence-corrected chi connectivity index (χ4v) is 2.13. The highest BCUT2D eigenvalue weighted by molar-refractivity contribution is 5.73. The molecule has 0 saturated carbocycles. The van der Waals surface area contributed by atoms with Crippen LogP contribution in [-0.2, 0) is 4.74 Å². The summed E-state index contributed by atoms with van der Waals surface area (Å²) in [6.45, 7) is 2.83. The Balaban J connectivity index is 2.24. The van der Waals surface area contributed by atoms with Crippen LogP contribution in [0, 0.1) is 5.92 Å². The van der Waals surface area contributed by atoms with E-state index < -0.39 is 0 Å². The van der Waals surface area contributed by atoms with Gasteiger partial charge in [0, 0.05) is 13.7 Å². The molecule has 0 aliphatic heterocycles. The van der Waals surface area contributed by atoms with Gasteiger partial charge in [-0.25, -0.2) is 4.98 Å². The maximum Gasteiger partial charge on any atom is 0.0890 e. The quantitative estimate of drug-likeness (QED) is 0.612. The first-order chi connectivity index (χ1) is 9.26. The SMILES string of the molecule is COCCC(C)C(NN)c1cnc2ccccc2n1. The Morgan fingerprint density at radius 3 is 2.74 bits per heavy atom. The molecule has 0 fully saturated rings. The summed E-state index contributed by atoms with van der Waals surface area (Å²) in [4.78, 5) is 9.05. The van der Waals surface area contributed by atoms with E-state index in [0.29, 0.717) is 12.5 Å². The molecule has 102 valence electrons. The second kappa shape index (κ2) is 6.56. The van der Waals surface area contributed by atoms with Crippen molar-refractivity contribution in [3.8, 4) is 0 Å². The molecule has 5 nitrogen and oxygen atoms in total. The van der Waals surface area contributed by atoms with Crippen LogP contribution < -0.4 is 11.3 Å². The highest BCUT2D eigenvalue weighted by Gasteiger charge is 2.19. The van der Waals surface area contributed by atoms with Crippen molar-refractivity contribution < 1.29 is 4.74 Å². The molecular formula is C14H20N4O. The molecule has 1 heterocycles. The first-order valence-corrected chi connectivity index (χ1v) is 6.43. The van der Waals surface area contributed by atoms with Crippen LogP contribution in [0.2, 0.25) is 0 Å². The van der Waals surface area contributed by atoms with Crippen LogP contribution in [0.15, 0.2) is 30.5 Å². The molecule has 19 heavy (non-hydrogen) atoms. The zero-order valence-corrected chi connectivity index (χ0v) is 11.3. The number of nitrogens with one attached hydrogen (secondary N) is 1. The predicted octanol–water partition coefficient (Wildman–Crippen LogP) is 1.81. The van der Waals surface area contributed by atoms with Crippen molar-refractivity contribution in [2.75, 3.05) is 13.7 Å².